The number of rotatable bonds is 5. The molecule has 0 bridgehead atoms. The van der Waals surface area contributed by atoms with Gasteiger partial charge < -0.3 is 10.1 Å². The molecule has 0 aliphatic rings. The number of carbonyl (C=O) groups is 1. The van der Waals surface area contributed by atoms with E-state index in [4.69, 9.17) is 4.74 Å². The highest BCUT2D eigenvalue weighted by Gasteiger charge is 2.11. The van der Waals surface area contributed by atoms with Crippen molar-refractivity contribution in [2.24, 2.45) is 0 Å². The summed E-state index contributed by atoms with van der Waals surface area (Å²) in [5.41, 5.74) is 3.24. The maximum Gasteiger partial charge on any atom is 0.262 e. The fourth-order valence-corrected chi connectivity index (χ4v) is 2.24. The van der Waals surface area contributed by atoms with Crippen LogP contribution in [0.15, 0.2) is 54.9 Å². The zero-order chi connectivity index (χ0) is 16.9. The Hall–Kier alpha value is -3.15. The van der Waals surface area contributed by atoms with Crippen LogP contribution >= 0.6 is 0 Å². The molecule has 1 amide bonds. The maximum atomic E-state index is 12.0. The van der Waals surface area contributed by atoms with Crippen LogP contribution in [0.2, 0.25) is 0 Å². The number of ether oxygens (including phenoxy) is 1. The van der Waals surface area contributed by atoms with Gasteiger partial charge in [-0.25, -0.2) is 4.68 Å². The lowest BCUT2D eigenvalue weighted by molar-refractivity contribution is -0.118. The number of nitrogens with one attached hydrogen (secondary N) is 1. The Kier molecular flexibility index (Phi) is 4.56. The molecular formula is C18H18N4O2. The molecule has 3 rings (SSSR count). The van der Waals surface area contributed by atoms with Crippen molar-refractivity contribution in [3.05, 3.63) is 66.1 Å². The number of pyridine rings is 1. The quantitative estimate of drug-likeness (QED) is 0.784. The zero-order valence-electron chi connectivity index (χ0n) is 13.6. The minimum atomic E-state index is -0.250. The number of nitrogens with zero attached hydrogens (tertiary/aromatic N) is 3. The predicted molar refractivity (Wildman–Crippen MR) is 91.4 cm³/mol. The van der Waals surface area contributed by atoms with E-state index in [1.165, 1.54) is 0 Å². The summed E-state index contributed by atoms with van der Waals surface area (Å²) in [6.07, 6.45) is 3.55. The second kappa shape index (κ2) is 6.95. The third-order valence-corrected chi connectivity index (χ3v) is 3.49. The Morgan fingerprint density at radius 1 is 1.17 bits per heavy atom. The molecule has 0 fully saturated rings. The summed E-state index contributed by atoms with van der Waals surface area (Å²) in [5.74, 6) is 0.191. The smallest absolute Gasteiger partial charge is 0.262 e. The second-order valence-corrected chi connectivity index (χ2v) is 5.37. The van der Waals surface area contributed by atoms with Gasteiger partial charge in [0.2, 0.25) is 5.88 Å². The molecular weight excluding hydrogens is 304 g/mol. The molecule has 1 aromatic carbocycles. The molecule has 24 heavy (non-hydrogen) atoms. The predicted octanol–water partition coefficient (Wildman–Crippen LogP) is 2.90. The molecule has 3 aromatic rings. The normalized spacial score (nSPS) is 10.4. The Bertz CT molecular complexity index is 843. The Labute approximate surface area is 140 Å². The van der Waals surface area contributed by atoms with Gasteiger partial charge in [0.05, 0.1) is 17.1 Å². The van der Waals surface area contributed by atoms with Crippen LogP contribution in [0.25, 0.3) is 5.69 Å². The first-order valence-corrected chi connectivity index (χ1v) is 7.59. The number of hydrogen-bond donors (Lipinski definition) is 1. The van der Waals surface area contributed by atoms with Gasteiger partial charge in [-0.1, -0.05) is 18.2 Å². The van der Waals surface area contributed by atoms with Gasteiger partial charge >= 0.3 is 0 Å². The zero-order valence-corrected chi connectivity index (χ0v) is 13.6. The topological polar surface area (TPSA) is 69.0 Å². The van der Waals surface area contributed by atoms with Gasteiger partial charge in [0.25, 0.3) is 5.91 Å². The van der Waals surface area contributed by atoms with E-state index < -0.39 is 0 Å². The number of aromatic nitrogens is 3. The van der Waals surface area contributed by atoms with E-state index in [1.54, 1.807) is 23.0 Å². The molecule has 0 saturated heterocycles. The Morgan fingerprint density at radius 3 is 2.71 bits per heavy atom. The fraction of sp³-hybridized carbons (Fsp3) is 0.167. The molecule has 6 nitrogen and oxygen atoms in total. The van der Waals surface area contributed by atoms with Crippen LogP contribution in [-0.4, -0.2) is 27.3 Å². The number of para-hydroxylation sites is 1. The van der Waals surface area contributed by atoms with E-state index in [1.807, 2.05) is 50.4 Å². The fourth-order valence-electron chi connectivity index (χ4n) is 2.24. The summed E-state index contributed by atoms with van der Waals surface area (Å²) in [6, 6.07) is 13.3. The van der Waals surface area contributed by atoms with E-state index in [0.29, 0.717) is 11.6 Å². The van der Waals surface area contributed by atoms with Crippen LogP contribution in [0.5, 0.6) is 5.88 Å². The van der Waals surface area contributed by atoms with Gasteiger partial charge in [0.15, 0.2) is 6.61 Å². The Balaban J connectivity index is 1.64. The van der Waals surface area contributed by atoms with Crippen molar-refractivity contribution in [3.63, 3.8) is 0 Å². The van der Waals surface area contributed by atoms with Crippen molar-refractivity contribution in [2.75, 3.05) is 11.9 Å². The summed E-state index contributed by atoms with van der Waals surface area (Å²) in [4.78, 5) is 16.2. The van der Waals surface area contributed by atoms with Crippen LogP contribution in [-0.2, 0) is 4.79 Å². The molecule has 0 aliphatic heterocycles. The van der Waals surface area contributed by atoms with Crippen molar-refractivity contribution in [2.45, 2.75) is 13.8 Å². The second-order valence-electron chi connectivity index (χ2n) is 5.37. The first-order valence-electron chi connectivity index (χ1n) is 7.59. The van der Waals surface area contributed by atoms with Crippen molar-refractivity contribution in [1.82, 2.24) is 14.8 Å². The maximum absolute atomic E-state index is 12.0. The summed E-state index contributed by atoms with van der Waals surface area (Å²) < 4.78 is 7.28. The third-order valence-electron chi connectivity index (χ3n) is 3.49. The highest BCUT2D eigenvalue weighted by molar-refractivity contribution is 5.92. The summed E-state index contributed by atoms with van der Waals surface area (Å²) in [6.45, 7) is 3.62. The Morgan fingerprint density at radius 2 is 1.96 bits per heavy atom. The van der Waals surface area contributed by atoms with E-state index in [2.05, 4.69) is 15.4 Å². The molecule has 0 radical (unpaired) electrons. The lowest BCUT2D eigenvalue weighted by Crippen LogP contribution is -2.21. The lowest BCUT2D eigenvalue weighted by atomic mass is 10.3. The van der Waals surface area contributed by atoms with Crippen molar-refractivity contribution in [3.8, 4) is 11.6 Å². The average molecular weight is 322 g/mol. The van der Waals surface area contributed by atoms with Crippen LogP contribution in [0.3, 0.4) is 0 Å². The van der Waals surface area contributed by atoms with E-state index in [-0.39, 0.29) is 12.5 Å². The van der Waals surface area contributed by atoms with Gasteiger partial charge in [-0.2, -0.15) is 0 Å². The first kappa shape index (κ1) is 15.7. The average Bonchev–Trinajstić information content (AvgIpc) is 2.97. The van der Waals surface area contributed by atoms with Crippen LogP contribution in [0.4, 0.5) is 5.69 Å². The first-order chi connectivity index (χ1) is 11.6. The minimum Gasteiger partial charge on any atom is -0.466 e. The minimum absolute atomic E-state index is 0.110. The summed E-state index contributed by atoms with van der Waals surface area (Å²) in [5, 5.41) is 7.16. The molecule has 0 aliphatic carbocycles. The highest BCUT2D eigenvalue weighted by Crippen LogP contribution is 2.18. The van der Waals surface area contributed by atoms with Crippen molar-refractivity contribution < 1.29 is 9.53 Å². The molecule has 122 valence electrons. The largest absolute Gasteiger partial charge is 0.466 e. The lowest BCUT2D eigenvalue weighted by Gasteiger charge is -2.08. The SMILES string of the molecule is Cc1cn(-c2ccccc2)nc1OCC(=O)Nc1cccnc1C. The highest BCUT2D eigenvalue weighted by atomic mass is 16.5. The van der Waals surface area contributed by atoms with Gasteiger partial charge in [0, 0.05) is 18.0 Å². The van der Waals surface area contributed by atoms with Crippen LogP contribution in [0, 0.1) is 13.8 Å². The molecule has 1 N–H and O–H groups in total. The van der Waals surface area contributed by atoms with E-state index in [0.717, 1.165) is 16.9 Å². The number of carbonyl (C=O) groups excluding carboxylic acids is 1. The molecule has 0 saturated carbocycles. The summed E-state index contributed by atoms with van der Waals surface area (Å²) in [7, 11) is 0. The van der Waals surface area contributed by atoms with Gasteiger partial charge in [-0.05, 0) is 38.1 Å². The van der Waals surface area contributed by atoms with Crippen molar-refractivity contribution in [1.29, 1.82) is 0 Å². The number of aryl methyl sites for hydroxylation is 2. The number of hydrogen-bond acceptors (Lipinski definition) is 4. The van der Waals surface area contributed by atoms with E-state index >= 15 is 0 Å². The van der Waals surface area contributed by atoms with Gasteiger partial charge in [-0.15, -0.1) is 5.10 Å². The third kappa shape index (κ3) is 3.60. The molecule has 0 spiro atoms. The molecule has 6 heteroatoms. The van der Waals surface area contributed by atoms with Crippen molar-refractivity contribution >= 4 is 11.6 Å². The molecule has 0 unspecified atom stereocenters. The number of anilines is 1. The molecule has 2 aromatic heterocycles. The number of amides is 1. The standard InChI is InChI=1S/C18H18N4O2/c1-13-11-22(15-7-4-3-5-8-15)21-18(13)24-12-17(23)20-16-9-6-10-19-14(16)2/h3-11H,12H2,1-2H3,(H,20,23). The monoisotopic (exact) mass is 322 g/mol. The molecule has 2 heterocycles. The van der Waals surface area contributed by atoms with Crippen LogP contribution in [0.1, 0.15) is 11.3 Å². The van der Waals surface area contributed by atoms with Gasteiger partial charge in [-0.3, -0.25) is 9.78 Å². The van der Waals surface area contributed by atoms with Gasteiger partial charge in [0.1, 0.15) is 0 Å². The molecule has 0 atom stereocenters. The van der Waals surface area contributed by atoms with E-state index in [9.17, 15) is 4.79 Å². The summed E-state index contributed by atoms with van der Waals surface area (Å²) >= 11 is 0. The number of benzene rings is 1. The van der Waals surface area contributed by atoms with Crippen LogP contribution < -0.4 is 10.1 Å².